The maximum Gasteiger partial charge on any atom is 0.222 e. The lowest BCUT2D eigenvalue weighted by molar-refractivity contribution is -0.131. The number of rotatable bonds is 6. The van der Waals surface area contributed by atoms with Crippen LogP contribution in [0, 0.1) is 5.92 Å². The van der Waals surface area contributed by atoms with E-state index in [9.17, 15) is 4.79 Å². The Hall–Kier alpha value is -0.280. The van der Waals surface area contributed by atoms with Crippen LogP contribution in [0.5, 0.6) is 0 Å². The standard InChI is InChI=1S/C11H20ClNO2/c1-13(8-9-6-10(14)7-9)11(15)4-2-3-5-12/h9-10,14H,2-8H2,1H3. The van der Waals surface area contributed by atoms with Gasteiger partial charge in [-0.05, 0) is 31.6 Å². The molecule has 3 nitrogen and oxygen atoms in total. The monoisotopic (exact) mass is 233 g/mol. The van der Waals surface area contributed by atoms with Gasteiger partial charge in [-0.3, -0.25) is 4.79 Å². The van der Waals surface area contributed by atoms with E-state index in [1.54, 1.807) is 4.90 Å². The van der Waals surface area contributed by atoms with Gasteiger partial charge in [-0.15, -0.1) is 11.6 Å². The number of carbonyl (C=O) groups excluding carboxylic acids is 1. The van der Waals surface area contributed by atoms with Crippen LogP contribution in [-0.2, 0) is 4.79 Å². The summed E-state index contributed by atoms with van der Waals surface area (Å²) in [5, 5.41) is 9.13. The number of amides is 1. The van der Waals surface area contributed by atoms with Crippen LogP contribution in [0.4, 0.5) is 0 Å². The molecular weight excluding hydrogens is 214 g/mol. The third-order valence-corrected chi connectivity index (χ3v) is 3.21. The van der Waals surface area contributed by atoms with Crippen LogP contribution in [0.25, 0.3) is 0 Å². The van der Waals surface area contributed by atoms with E-state index in [0.717, 1.165) is 32.2 Å². The van der Waals surface area contributed by atoms with Gasteiger partial charge in [-0.1, -0.05) is 0 Å². The molecule has 1 fully saturated rings. The Morgan fingerprint density at radius 3 is 2.67 bits per heavy atom. The number of nitrogens with zero attached hydrogens (tertiary/aromatic N) is 1. The highest BCUT2D eigenvalue weighted by Crippen LogP contribution is 2.27. The molecule has 0 saturated heterocycles. The zero-order valence-corrected chi connectivity index (χ0v) is 10.0. The van der Waals surface area contributed by atoms with Crippen molar-refractivity contribution in [1.29, 1.82) is 0 Å². The van der Waals surface area contributed by atoms with Crippen LogP contribution >= 0.6 is 11.6 Å². The Morgan fingerprint density at radius 2 is 2.13 bits per heavy atom. The van der Waals surface area contributed by atoms with Crippen molar-refractivity contribution in [2.24, 2.45) is 5.92 Å². The average molecular weight is 234 g/mol. The largest absolute Gasteiger partial charge is 0.393 e. The minimum Gasteiger partial charge on any atom is -0.393 e. The predicted molar refractivity (Wildman–Crippen MR) is 60.9 cm³/mol. The summed E-state index contributed by atoms with van der Waals surface area (Å²) < 4.78 is 0. The molecular formula is C11H20ClNO2. The van der Waals surface area contributed by atoms with Crippen molar-refractivity contribution in [3.05, 3.63) is 0 Å². The maximum atomic E-state index is 11.6. The van der Waals surface area contributed by atoms with E-state index in [2.05, 4.69) is 0 Å². The first-order valence-electron chi connectivity index (χ1n) is 5.61. The third-order valence-electron chi connectivity index (χ3n) is 2.94. The minimum absolute atomic E-state index is 0.130. The van der Waals surface area contributed by atoms with Gasteiger partial charge >= 0.3 is 0 Å². The Balaban J connectivity index is 2.10. The fraction of sp³-hybridized carbons (Fsp3) is 0.909. The molecule has 0 aromatic heterocycles. The predicted octanol–water partition coefficient (Wildman–Crippen LogP) is 1.62. The molecule has 0 heterocycles. The molecule has 1 aliphatic rings. The van der Waals surface area contributed by atoms with Gasteiger partial charge in [0.05, 0.1) is 6.10 Å². The Kier molecular flexibility index (Phi) is 5.40. The average Bonchev–Trinajstić information content (AvgIpc) is 2.15. The van der Waals surface area contributed by atoms with Gasteiger partial charge in [-0.2, -0.15) is 0 Å². The number of hydrogen-bond acceptors (Lipinski definition) is 2. The van der Waals surface area contributed by atoms with E-state index in [-0.39, 0.29) is 12.0 Å². The molecule has 0 bridgehead atoms. The van der Waals surface area contributed by atoms with Gasteiger partial charge in [0.2, 0.25) is 5.91 Å². The molecule has 1 rings (SSSR count). The van der Waals surface area contributed by atoms with Crippen LogP contribution in [-0.4, -0.2) is 41.5 Å². The molecule has 0 spiro atoms. The summed E-state index contributed by atoms with van der Waals surface area (Å²) in [4.78, 5) is 13.4. The van der Waals surface area contributed by atoms with Crippen molar-refractivity contribution in [3.8, 4) is 0 Å². The summed E-state index contributed by atoms with van der Waals surface area (Å²) in [6.07, 6.45) is 3.94. The first kappa shape index (κ1) is 12.8. The summed E-state index contributed by atoms with van der Waals surface area (Å²) in [6.45, 7) is 0.788. The van der Waals surface area contributed by atoms with E-state index >= 15 is 0 Å². The maximum absolute atomic E-state index is 11.6. The topological polar surface area (TPSA) is 40.5 Å². The fourth-order valence-corrected chi connectivity index (χ4v) is 2.09. The van der Waals surface area contributed by atoms with Gasteiger partial charge in [-0.25, -0.2) is 0 Å². The lowest BCUT2D eigenvalue weighted by Crippen LogP contribution is -2.39. The second-order valence-electron chi connectivity index (χ2n) is 4.41. The van der Waals surface area contributed by atoms with Crippen molar-refractivity contribution >= 4 is 17.5 Å². The van der Waals surface area contributed by atoms with Crippen molar-refractivity contribution in [1.82, 2.24) is 4.90 Å². The summed E-state index contributed by atoms with van der Waals surface area (Å²) in [5.41, 5.74) is 0. The highest BCUT2D eigenvalue weighted by atomic mass is 35.5. The molecule has 1 amide bonds. The zero-order chi connectivity index (χ0) is 11.3. The molecule has 0 aromatic carbocycles. The van der Waals surface area contributed by atoms with Gasteiger partial charge in [0.15, 0.2) is 0 Å². The molecule has 88 valence electrons. The summed E-state index contributed by atoms with van der Waals surface area (Å²) in [5.74, 6) is 1.33. The molecule has 0 aliphatic heterocycles. The summed E-state index contributed by atoms with van der Waals surface area (Å²) in [6, 6.07) is 0. The number of carbonyl (C=O) groups is 1. The first-order chi connectivity index (χ1) is 7.13. The van der Waals surface area contributed by atoms with Crippen molar-refractivity contribution in [3.63, 3.8) is 0 Å². The lowest BCUT2D eigenvalue weighted by atomic mass is 9.82. The minimum atomic E-state index is -0.130. The van der Waals surface area contributed by atoms with Gasteiger partial charge in [0.25, 0.3) is 0 Å². The van der Waals surface area contributed by atoms with E-state index in [0.29, 0.717) is 18.2 Å². The molecule has 1 saturated carbocycles. The number of hydrogen-bond donors (Lipinski definition) is 1. The van der Waals surface area contributed by atoms with Gasteiger partial charge < -0.3 is 10.0 Å². The van der Waals surface area contributed by atoms with E-state index in [1.165, 1.54) is 0 Å². The normalized spacial score (nSPS) is 24.7. The number of aliphatic hydroxyl groups excluding tert-OH is 1. The molecule has 15 heavy (non-hydrogen) atoms. The molecule has 1 aliphatic carbocycles. The quantitative estimate of drug-likeness (QED) is 0.560. The van der Waals surface area contributed by atoms with Crippen LogP contribution in [0.3, 0.4) is 0 Å². The number of aliphatic hydroxyl groups is 1. The molecule has 0 unspecified atom stereocenters. The van der Waals surface area contributed by atoms with Crippen molar-refractivity contribution < 1.29 is 9.90 Å². The van der Waals surface area contributed by atoms with Gasteiger partial charge in [0, 0.05) is 25.9 Å². The number of alkyl halides is 1. The zero-order valence-electron chi connectivity index (χ0n) is 9.29. The second kappa shape index (κ2) is 6.33. The first-order valence-corrected chi connectivity index (χ1v) is 6.15. The van der Waals surface area contributed by atoms with Crippen LogP contribution in [0.15, 0.2) is 0 Å². The Labute approximate surface area is 96.4 Å². The molecule has 0 atom stereocenters. The fourth-order valence-electron chi connectivity index (χ4n) is 1.90. The molecule has 4 heteroatoms. The van der Waals surface area contributed by atoms with E-state index in [4.69, 9.17) is 16.7 Å². The van der Waals surface area contributed by atoms with E-state index < -0.39 is 0 Å². The van der Waals surface area contributed by atoms with Crippen LogP contribution in [0.2, 0.25) is 0 Å². The summed E-state index contributed by atoms with van der Waals surface area (Å²) in [7, 11) is 1.84. The molecule has 0 radical (unpaired) electrons. The molecule has 0 aromatic rings. The van der Waals surface area contributed by atoms with Crippen molar-refractivity contribution in [2.45, 2.75) is 38.2 Å². The Bertz CT molecular complexity index is 205. The summed E-state index contributed by atoms with van der Waals surface area (Å²) >= 11 is 5.54. The lowest BCUT2D eigenvalue weighted by Gasteiger charge is -2.34. The second-order valence-corrected chi connectivity index (χ2v) is 4.79. The molecule has 1 N–H and O–H groups in total. The third kappa shape index (κ3) is 4.39. The van der Waals surface area contributed by atoms with Gasteiger partial charge in [0.1, 0.15) is 0 Å². The van der Waals surface area contributed by atoms with E-state index in [1.807, 2.05) is 7.05 Å². The highest BCUT2D eigenvalue weighted by molar-refractivity contribution is 6.17. The SMILES string of the molecule is CN(CC1CC(O)C1)C(=O)CCCCCl. The van der Waals surface area contributed by atoms with Crippen LogP contribution < -0.4 is 0 Å². The Morgan fingerprint density at radius 1 is 1.47 bits per heavy atom. The van der Waals surface area contributed by atoms with Crippen molar-refractivity contribution in [2.75, 3.05) is 19.5 Å². The number of unbranched alkanes of at least 4 members (excludes halogenated alkanes) is 1. The highest BCUT2D eigenvalue weighted by Gasteiger charge is 2.28. The van der Waals surface area contributed by atoms with Crippen LogP contribution in [0.1, 0.15) is 32.1 Å². The smallest absolute Gasteiger partial charge is 0.222 e. The number of halogens is 1.